The molecule has 1 aromatic rings. The third kappa shape index (κ3) is 2.73. The van der Waals surface area contributed by atoms with Gasteiger partial charge in [0.05, 0.1) is 0 Å². The number of benzene rings is 1. The Balaban J connectivity index is 1.95. The second-order valence-corrected chi connectivity index (χ2v) is 4.71. The Morgan fingerprint density at radius 1 is 1.44 bits per heavy atom. The minimum Gasteiger partial charge on any atom is -0.382 e. The molecule has 1 aliphatic heterocycles. The molecule has 0 radical (unpaired) electrons. The minimum atomic E-state index is -0.175. The largest absolute Gasteiger partial charge is 0.382 e. The van der Waals surface area contributed by atoms with Crippen LogP contribution in [-0.2, 0) is 0 Å². The molecule has 0 aromatic heterocycles. The number of hydrogen-bond acceptors (Lipinski definition) is 2. The van der Waals surface area contributed by atoms with Gasteiger partial charge in [0, 0.05) is 24.3 Å². The Bertz CT molecular complexity index is 354. The van der Waals surface area contributed by atoms with Crippen LogP contribution in [-0.4, -0.2) is 30.6 Å². The zero-order chi connectivity index (χ0) is 11.5. The summed E-state index contributed by atoms with van der Waals surface area (Å²) in [4.78, 5) is 2.36. The van der Waals surface area contributed by atoms with E-state index in [9.17, 15) is 4.39 Å². The lowest BCUT2D eigenvalue weighted by Gasteiger charge is -2.35. The molecule has 0 saturated carbocycles. The van der Waals surface area contributed by atoms with Crippen LogP contribution in [0.15, 0.2) is 24.3 Å². The standard InChI is InChI=1S/C13H19FN2/c1-10-8-13(6-7-16(10)2)15-12-5-3-4-11(14)9-12/h3-5,9-10,13,15H,6-8H2,1-2H3. The highest BCUT2D eigenvalue weighted by atomic mass is 19.1. The van der Waals surface area contributed by atoms with Crippen LogP contribution in [0.25, 0.3) is 0 Å². The summed E-state index contributed by atoms with van der Waals surface area (Å²) in [6.45, 7) is 3.34. The van der Waals surface area contributed by atoms with E-state index >= 15 is 0 Å². The van der Waals surface area contributed by atoms with E-state index in [1.807, 2.05) is 6.07 Å². The fraction of sp³-hybridized carbons (Fsp3) is 0.538. The van der Waals surface area contributed by atoms with Gasteiger partial charge >= 0.3 is 0 Å². The lowest BCUT2D eigenvalue weighted by molar-refractivity contribution is 0.190. The van der Waals surface area contributed by atoms with Crippen molar-refractivity contribution >= 4 is 5.69 Å². The molecule has 16 heavy (non-hydrogen) atoms. The normalized spacial score (nSPS) is 26.7. The summed E-state index contributed by atoms with van der Waals surface area (Å²) in [7, 11) is 2.16. The molecule has 0 amide bonds. The molecule has 1 saturated heterocycles. The van der Waals surface area contributed by atoms with Gasteiger partial charge in [-0.05, 0) is 45.0 Å². The van der Waals surface area contributed by atoms with E-state index in [4.69, 9.17) is 0 Å². The zero-order valence-electron chi connectivity index (χ0n) is 9.91. The number of likely N-dealkylation sites (tertiary alicyclic amines) is 1. The molecule has 0 aliphatic carbocycles. The van der Waals surface area contributed by atoms with Gasteiger partial charge < -0.3 is 10.2 Å². The maximum absolute atomic E-state index is 13.0. The number of nitrogens with zero attached hydrogens (tertiary/aromatic N) is 1. The number of piperidine rings is 1. The fourth-order valence-electron chi connectivity index (χ4n) is 2.23. The van der Waals surface area contributed by atoms with E-state index in [1.165, 1.54) is 6.07 Å². The van der Waals surface area contributed by atoms with Crippen LogP contribution in [0.5, 0.6) is 0 Å². The average molecular weight is 222 g/mol. The first-order valence-corrected chi connectivity index (χ1v) is 5.87. The van der Waals surface area contributed by atoms with Gasteiger partial charge in [-0.3, -0.25) is 0 Å². The Labute approximate surface area is 96.5 Å². The van der Waals surface area contributed by atoms with Crippen molar-refractivity contribution in [2.24, 2.45) is 0 Å². The van der Waals surface area contributed by atoms with Crippen molar-refractivity contribution in [2.75, 3.05) is 18.9 Å². The quantitative estimate of drug-likeness (QED) is 0.827. The summed E-state index contributed by atoms with van der Waals surface area (Å²) >= 11 is 0. The van der Waals surface area contributed by atoms with E-state index in [2.05, 4.69) is 24.2 Å². The first-order valence-electron chi connectivity index (χ1n) is 5.87. The van der Waals surface area contributed by atoms with Crippen LogP contribution in [0.1, 0.15) is 19.8 Å². The highest BCUT2D eigenvalue weighted by molar-refractivity contribution is 5.44. The number of hydrogen-bond donors (Lipinski definition) is 1. The van der Waals surface area contributed by atoms with Crippen molar-refractivity contribution in [1.29, 1.82) is 0 Å². The molecule has 88 valence electrons. The lowest BCUT2D eigenvalue weighted by atomic mass is 9.99. The van der Waals surface area contributed by atoms with Crippen LogP contribution in [0, 0.1) is 5.82 Å². The second-order valence-electron chi connectivity index (χ2n) is 4.71. The summed E-state index contributed by atoms with van der Waals surface area (Å²) < 4.78 is 13.0. The van der Waals surface area contributed by atoms with Crippen molar-refractivity contribution in [3.8, 4) is 0 Å². The van der Waals surface area contributed by atoms with Crippen molar-refractivity contribution in [3.05, 3.63) is 30.1 Å². The lowest BCUT2D eigenvalue weighted by Crippen LogP contribution is -2.42. The maximum atomic E-state index is 13.0. The highest BCUT2D eigenvalue weighted by Crippen LogP contribution is 2.20. The summed E-state index contributed by atoms with van der Waals surface area (Å²) in [5.41, 5.74) is 0.891. The minimum absolute atomic E-state index is 0.175. The van der Waals surface area contributed by atoms with E-state index in [0.717, 1.165) is 25.1 Å². The molecule has 2 rings (SSSR count). The number of rotatable bonds is 2. The van der Waals surface area contributed by atoms with E-state index < -0.39 is 0 Å². The third-order valence-electron chi connectivity index (χ3n) is 3.40. The number of nitrogens with one attached hydrogen (secondary N) is 1. The van der Waals surface area contributed by atoms with Crippen LogP contribution < -0.4 is 5.32 Å². The third-order valence-corrected chi connectivity index (χ3v) is 3.40. The molecule has 1 fully saturated rings. The first-order chi connectivity index (χ1) is 7.65. The van der Waals surface area contributed by atoms with Crippen molar-refractivity contribution in [3.63, 3.8) is 0 Å². The van der Waals surface area contributed by atoms with Crippen LogP contribution in [0.4, 0.5) is 10.1 Å². The summed E-state index contributed by atoms with van der Waals surface area (Å²) in [6, 6.07) is 7.76. The Kier molecular flexibility index (Phi) is 3.44. The predicted molar refractivity (Wildman–Crippen MR) is 65.1 cm³/mol. The molecule has 0 spiro atoms. The molecule has 2 nitrogen and oxygen atoms in total. The average Bonchev–Trinajstić information content (AvgIpc) is 2.24. The monoisotopic (exact) mass is 222 g/mol. The molecule has 3 heteroatoms. The predicted octanol–water partition coefficient (Wildman–Crippen LogP) is 2.72. The van der Waals surface area contributed by atoms with Crippen LogP contribution in [0.2, 0.25) is 0 Å². The topological polar surface area (TPSA) is 15.3 Å². The SMILES string of the molecule is CC1CC(Nc2cccc(F)c2)CCN1C. The smallest absolute Gasteiger partial charge is 0.125 e. The van der Waals surface area contributed by atoms with Crippen molar-refractivity contribution in [1.82, 2.24) is 4.90 Å². The number of halogens is 1. The van der Waals surface area contributed by atoms with E-state index in [-0.39, 0.29) is 5.82 Å². The molecule has 1 aliphatic rings. The summed E-state index contributed by atoms with van der Waals surface area (Å²) in [5.74, 6) is -0.175. The fourth-order valence-corrected chi connectivity index (χ4v) is 2.23. The van der Waals surface area contributed by atoms with Gasteiger partial charge in [0.2, 0.25) is 0 Å². The highest BCUT2D eigenvalue weighted by Gasteiger charge is 2.22. The van der Waals surface area contributed by atoms with Gasteiger partial charge in [0.15, 0.2) is 0 Å². The summed E-state index contributed by atoms with van der Waals surface area (Å²) in [5, 5.41) is 3.41. The van der Waals surface area contributed by atoms with Gasteiger partial charge in [0.25, 0.3) is 0 Å². The second kappa shape index (κ2) is 4.83. The molecule has 2 atom stereocenters. The van der Waals surface area contributed by atoms with Crippen molar-refractivity contribution < 1.29 is 4.39 Å². The first kappa shape index (κ1) is 11.4. The Morgan fingerprint density at radius 2 is 2.25 bits per heavy atom. The van der Waals surface area contributed by atoms with E-state index in [0.29, 0.717) is 12.1 Å². The maximum Gasteiger partial charge on any atom is 0.125 e. The van der Waals surface area contributed by atoms with Crippen LogP contribution >= 0.6 is 0 Å². The molecule has 1 aromatic carbocycles. The molecule has 2 unspecified atom stereocenters. The van der Waals surface area contributed by atoms with Crippen molar-refractivity contribution in [2.45, 2.75) is 31.8 Å². The Hall–Kier alpha value is -1.09. The molecular weight excluding hydrogens is 203 g/mol. The zero-order valence-corrected chi connectivity index (χ0v) is 9.91. The van der Waals surface area contributed by atoms with Crippen LogP contribution in [0.3, 0.4) is 0 Å². The van der Waals surface area contributed by atoms with Gasteiger partial charge in [-0.15, -0.1) is 0 Å². The summed E-state index contributed by atoms with van der Waals surface area (Å²) in [6.07, 6.45) is 2.24. The van der Waals surface area contributed by atoms with Gasteiger partial charge in [0.1, 0.15) is 5.82 Å². The van der Waals surface area contributed by atoms with Gasteiger partial charge in [-0.1, -0.05) is 6.07 Å². The Morgan fingerprint density at radius 3 is 2.94 bits per heavy atom. The van der Waals surface area contributed by atoms with Gasteiger partial charge in [-0.2, -0.15) is 0 Å². The van der Waals surface area contributed by atoms with E-state index in [1.54, 1.807) is 12.1 Å². The molecular formula is C13H19FN2. The number of anilines is 1. The molecule has 0 bridgehead atoms. The molecule has 1 N–H and O–H groups in total. The molecule has 1 heterocycles. The van der Waals surface area contributed by atoms with Gasteiger partial charge in [-0.25, -0.2) is 4.39 Å².